The zero-order chi connectivity index (χ0) is 15.8. The van der Waals surface area contributed by atoms with E-state index in [0.717, 1.165) is 12.1 Å². The molecule has 2 aromatic rings. The molecule has 0 saturated heterocycles. The van der Waals surface area contributed by atoms with Crippen molar-refractivity contribution < 1.29 is 26.3 Å². The van der Waals surface area contributed by atoms with Crippen LogP contribution in [-0.4, -0.2) is 20.8 Å². The van der Waals surface area contributed by atoms with Crippen LogP contribution in [0.5, 0.6) is 0 Å². The minimum absolute atomic E-state index is 0.0472. The summed E-state index contributed by atoms with van der Waals surface area (Å²) in [4.78, 5) is 2.57. The fourth-order valence-electron chi connectivity index (χ4n) is 1.81. The number of hydrogen-bond donors (Lipinski definition) is 1. The maximum Gasteiger partial charge on any atom is 0.441 e. The Balaban J connectivity index is 2.29. The van der Waals surface area contributed by atoms with Crippen molar-refractivity contribution in [1.29, 1.82) is 0 Å². The van der Waals surface area contributed by atoms with E-state index in [1.54, 1.807) is 0 Å². The van der Waals surface area contributed by atoms with Gasteiger partial charge in [-0.25, -0.2) is 0 Å². The molecule has 1 aromatic carbocycles. The van der Waals surface area contributed by atoms with Crippen LogP contribution in [-0.2, 0) is 12.7 Å². The van der Waals surface area contributed by atoms with Crippen LogP contribution in [0.4, 0.5) is 26.3 Å². The van der Waals surface area contributed by atoms with Crippen molar-refractivity contribution >= 4 is 35.0 Å². The number of aromatic amines is 1. The maximum atomic E-state index is 12.6. The van der Waals surface area contributed by atoms with Gasteiger partial charge in [0.05, 0.1) is 16.6 Å². The highest BCUT2D eigenvalue weighted by Gasteiger charge is 2.31. The van der Waals surface area contributed by atoms with E-state index in [0.29, 0.717) is 5.52 Å². The number of alkyl halides is 6. The normalized spacial score (nSPS) is 13.0. The molecular weight excluding hydrogens is 338 g/mol. The smallest absolute Gasteiger partial charge is 0.331 e. The third-order valence-electron chi connectivity index (χ3n) is 2.68. The summed E-state index contributed by atoms with van der Waals surface area (Å²) >= 11 is 4.73. The fraction of sp³-hybridized carbons (Fsp3) is 0.364. The molecule has 116 valence electrons. The molecule has 0 saturated carbocycles. The molecule has 0 aliphatic heterocycles. The van der Waals surface area contributed by atoms with Crippen LogP contribution in [0.15, 0.2) is 18.2 Å². The molecule has 0 radical (unpaired) electrons. The average molecular weight is 346 g/mol. The number of thioether (sulfide) groups is 1. The standard InChI is InChI=1S/C11H8F6N2S2/c12-10(13,14)6-1-2-8-7(5-6)18-9(20)19(8)3-4-21-11(15,16)17/h1-2,5H,3-4H2,(H,18,20). The first-order valence-electron chi connectivity index (χ1n) is 5.58. The summed E-state index contributed by atoms with van der Waals surface area (Å²) in [6, 6.07) is 2.96. The monoisotopic (exact) mass is 346 g/mol. The summed E-state index contributed by atoms with van der Waals surface area (Å²) < 4.78 is 75.4. The fourth-order valence-corrected chi connectivity index (χ4v) is 2.62. The van der Waals surface area contributed by atoms with Crippen molar-refractivity contribution in [3.8, 4) is 0 Å². The molecule has 0 atom stereocenters. The van der Waals surface area contributed by atoms with Gasteiger partial charge in [-0.05, 0) is 42.2 Å². The molecule has 1 heterocycles. The molecule has 10 heteroatoms. The minimum atomic E-state index is -4.49. The lowest BCUT2D eigenvalue weighted by atomic mass is 10.2. The van der Waals surface area contributed by atoms with E-state index in [-0.39, 0.29) is 34.3 Å². The van der Waals surface area contributed by atoms with E-state index >= 15 is 0 Å². The molecule has 0 aliphatic carbocycles. The number of nitrogens with one attached hydrogen (secondary N) is 1. The van der Waals surface area contributed by atoms with Crippen LogP contribution in [0, 0.1) is 4.77 Å². The van der Waals surface area contributed by atoms with Crippen LogP contribution < -0.4 is 0 Å². The zero-order valence-electron chi connectivity index (χ0n) is 10.2. The van der Waals surface area contributed by atoms with Gasteiger partial charge in [0.1, 0.15) is 0 Å². The van der Waals surface area contributed by atoms with Gasteiger partial charge in [0.15, 0.2) is 4.77 Å². The van der Waals surface area contributed by atoms with E-state index in [1.165, 1.54) is 10.6 Å². The summed E-state index contributed by atoms with van der Waals surface area (Å²) in [6.07, 6.45) is -4.49. The molecule has 1 N–H and O–H groups in total. The van der Waals surface area contributed by atoms with Gasteiger partial charge < -0.3 is 9.55 Å². The zero-order valence-corrected chi connectivity index (χ0v) is 11.8. The summed E-state index contributed by atoms with van der Waals surface area (Å²) in [5.41, 5.74) is -4.71. The number of nitrogens with zero attached hydrogens (tertiary/aromatic N) is 1. The molecule has 1 aromatic heterocycles. The van der Waals surface area contributed by atoms with Crippen molar-refractivity contribution in [1.82, 2.24) is 9.55 Å². The lowest BCUT2D eigenvalue weighted by Gasteiger charge is -2.08. The minimum Gasteiger partial charge on any atom is -0.331 e. The van der Waals surface area contributed by atoms with E-state index in [2.05, 4.69) is 4.98 Å². The van der Waals surface area contributed by atoms with E-state index < -0.39 is 17.2 Å². The van der Waals surface area contributed by atoms with Crippen molar-refractivity contribution in [2.75, 3.05) is 5.75 Å². The highest BCUT2D eigenvalue weighted by molar-refractivity contribution is 8.00. The van der Waals surface area contributed by atoms with Gasteiger partial charge in [-0.1, -0.05) is 0 Å². The van der Waals surface area contributed by atoms with Crippen LogP contribution in [0.25, 0.3) is 11.0 Å². The lowest BCUT2D eigenvalue weighted by Crippen LogP contribution is -2.07. The van der Waals surface area contributed by atoms with Gasteiger partial charge in [0.25, 0.3) is 0 Å². The number of H-pyrrole nitrogens is 1. The topological polar surface area (TPSA) is 20.7 Å². The molecule has 0 amide bonds. The number of halogens is 6. The number of aryl methyl sites for hydroxylation is 1. The Morgan fingerprint density at radius 1 is 1.14 bits per heavy atom. The number of aromatic nitrogens is 2. The molecular formula is C11H8F6N2S2. The van der Waals surface area contributed by atoms with E-state index in [9.17, 15) is 26.3 Å². The largest absolute Gasteiger partial charge is 0.441 e. The third kappa shape index (κ3) is 3.94. The first-order valence-corrected chi connectivity index (χ1v) is 6.98. The van der Waals surface area contributed by atoms with E-state index in [4.69, 9.17) is 12.2 Å². The van der Waals surface area contributed by atoms with Gasteiger partial charge in [0.2, 0.25) is 0 Å². The summed E-state index contributed by atoms with van der Waals surface area (Å²) in [5.74, 6) is -0.272. The van der Waals surface area contributed by atoms with E-state index in [1.807, 2.05) is 0 Å². The Labute approximate surface area is 124 Å². The van der Waals surface area contributed by atoms with Crippen molar-refractivity contribution in [2.45, 2.75) is 18.2 Å². The van der Waals surface area contributed by atoms with Crippen molar-refractivity contribution in [3.05, 3.63) is 28.5 Å². The van der Waals surface area contributed by atoms with Crippen molar-refractivity contribution in [2.24, 2.45) is 0 Å². The Hall–Kier alpha value is -1.16. The Bertz CT molecular complexity index is 697. The molecule has 0 unspecified atom stereocenters. The molecule has 0 aliphatic rings. The summed E-state index contributed by atoms with van der Waals surface area (Å²) in [5, 5.41) is 0. The highest BCUT2D eigenvalue weighted by Crippen LogP contribution is 2.32. The highest BCUT2D eigenvalue weighted by atomic mass is 32.2. The molecule has 2 rings (SSSR count). The second-order valence-electron chi connectivity index (χ2n) is 4.11. The molecule has 21 heavy (non-hydrogen) atoms. The van der Waals surface area contributed by atoms with Crippen LogP contribution >= 0.6 is 24.0 Å². The average Bonchev–Trinajstić information content (AvgIpc) is 2.62. The van der Waals surface area contributed by atoms with Crippen LogP contribution in [0.3, 0.4) is 0 Å². The van der Waals surface area contributed by atoms with Crippen LogP contribution in [0.1, 0.15) is 5.56 Å². The van der Waals surface area contributed by atoms with Gasteiger partial charge in [-0.3, -0.25) is 0 Å². The summed E-state index contributed by atoms with van der Waals surface area (Å²) in [7, 11) is 0. The Kier molecular flexibility index (Phi) is 4.29. The first kappa shape index (κ1) is 16.2. The third-order valence-corrected chi connectivity index (χ3v) is 3.72. The number of rotatable bonds is 3. The second kappa shape index (κ2) is 5.56. The predicted molar refractivity (Wildman–Crippen MR) is 70.6 cm³/mol. The van der Waals surface area contributed by atoms with Crippen LogP contribution in [0.2, 0.25) is 0 Å². The predicted octanol–water partition coefficient (Wildman–Crippen LogP) is 4.97. The van der Waals surface area contributed by atoms with Crippen molar-refractivity contribution in [3.63, 3.8) is 0 Å². The number of hydrogen-bond acceptors (Lipinski definition) is 2. The lowest BCUT2D eigenvalue weighted by molar-refractivity contribution is -0.137. The SMILES string of the molecule is FC(F)(F)SCCn1c(=S)[nH]c2cc(C(F)(F)F)ccc21. The molecule has 0 fully saturated rings. The first-order chi connectivity index (χ1) is 9.58. The number of fused-ring (bicyclic) bond motifs is 1. The maximum absolute atomic E-state index is 12.6. The van der Waals surface area contributed by atoms with Gasteiger partial charge in [-0.2, -0.15) is 26.3 Å². The van der Waals surface area contributed by atoms with Gasteiger partial charge >= 0.3 is 11.7 Å². The quantitative estimate of drug-likeness (QED) is 0.626. The Morgan fingerprint density at radius 3 is 2.38 bits per heavy atom. The number of imidazole rings is 1. The van der Waals surface area contributed by atoms with Gasteiger partial charge in [0, 0.05) is 12.3 Å². The molecule has 0 spiro atoms. The molecule has 0 bridgehead atoms. The second-order valence-corrected chi connectivity index (χ2v) is 5.65. The molecule has 2 nitrogen and oxygen atoms in total. The van der Waals surface area contributed by atoms with Gasteiger partial charge in [-0.15, -0.1) is 0 Å². The summed E-state index contributed by atoms with van der Waals surface area (Å²) in [6.45, 7) is -0.0472. The number of benzene rings is 1. The Morgan fingerprint density at radius 2 is 1.81 bits per heavy atom.